The van der Waals surface area contributed by atoms with Gasteiger partial charge in [0.2, 0.25) is 5.91 Å². The Morgan fingerprint density at radius 1 is 1.07 bits per heavy atom. The molecule has 15 heavy (non-hydrogen) atoms. The van der Waals surface area contributed by atoms with Gasteiger partial charge in [-0.05, 0) is 0 Å². The molecule has 0 aromatic carbocycles. The molecule has 0 fully saturated rings. The number of amides is 1. The fraction of sp³-hybridized carbons (Fsp3) is 0.900. The highest BCUT2D eigenvalue weighted by atomic mass is 16.5. The van der Waals surface area contributed by atoms with E-state index in [1.807, 2.05) is 4.90 Å². The summed E-state index contributed by atoms with van der Waals surface area (Å²) in [6.07, 6.45) is 0. The Morgan fingerprint density at radius 3 is 1.87 bits per heavy atom. The van der Waals surface area contributed by atoms with Gasteiger partial charge in [0.25, 0.3) is 0 Å². The highest BCUT2D eigenvalue weighted by Crippen LogP contribution is 1.91. The zero-order valence-electron chi connectivity index (χ0n) is 10.2. The van der Waals surface area contributed by atoms with Crippen molar-refractivity contribution >= 4 is 5.91 Å². The minimum atomic E-state index is 0.0993. The Kier molecular flexibility index (Phi) is 8.27. The molecule has 0 spiro atoms. The van der Waals surface area contributed by atoms with Gasteiger partial charge in [-0.3, -0.25) is 9.69 Å². The lowest BCUT2D eigenvalue weighted by Gasteiger charge is -2.22. The molecule has 0 radical (unpaired) electrons. The topological polar surface area (TPSA) is 42.0 Å². The van der Waals surface area contributed by atoms with E-state index in [2.05, 4.69) is 0 Å². The van der Waals surface area contributed by atoms with E-state index in [0.29, 0.717) is 19.8 Å². The second-order valence-corrected chi connectivity index (χ2v) is 3.55. The molecule has 0 aromatic rings. The first-order valence-electron chi connectivity index (χ1n) is 5.02. The second-order valence-electron chi connectivity index (χ2n) is 3.55. The number of nitrogens with zero attached hydrogens (tertiary/aromatic N) is 2. The Balaban J connectivity index is 3.93. The lowest BCUT2D eigenvalue weighted by molar-refractivity contribution is -0.130. The first-order chi connectivity index (χ1) is 7.11. The van der Waals surface area contributed by atoms with E-state index >= 15 is 0 Å². The molecule has 0 rings (SSSR count). The van der Waals surface area contributed by atoms with Crippen LogP contribution in [0.4, 0.5) is 0 Å². The molecule has 0 saturated carbocycles. The third-order valence-corrected chi connectivity index (χ3v) is 2.08. The third kappa shape index (κ3) is 7.30. The van der Waals surface area contributed by atoms with Crippen LogP contribution in [0.25, 0.3) is 0 Å². The number of methoxy groups -OCH3 is 2. The van der Waals surface area contributed by atoms with E-state index in [1.54, 1.807) is 33.2 Å². The van der Waals surface area contributed by atoms with Crippen molar-refractivity contribution in [2.45, 2.75) is 0 Å². The number of hydrogen-bond donors (Lipinski definition) is 0. The number of ether oxygens (including phenoxy) is 2. The quantitative estimate of drug-likeness (QED) is 0.559. The molecule has 0 saturated heterocycles. The van der Waals surface area contributed by atoms with Gasteiger partial charge in [0.15, 0.2) is 0 Å². The summed E-state index contributed by atoms with van der Waals surface area (Å²) >= 11 is 0. The van der Waals surface area contributed by atoms with Gasteiger partial charge in [0.1, 0.15) is 0 Å². The number of hydrogen-bond acceptors (Lipinski definition) is 4. The van der Waals surface area contributed by atoms with E-state index < -0.39 is 0 Å². The maximum atomic E-state index is 11.5. The second kappa shape index (κ2) is 8.64. The minimum Gasteiger partial charge on any atom is -0.383 e. The summed E-state index contributed by atoms with van der Waals surface area (Å²) in [5, 5.41) is 0. The summed E-state index contributed by atoms with van der Waals surface area (Å²) in [7, 11) is 6.82. The summed E-state index contributed by atoms with van der Waals surface area (Å²) in [4.78, 5) is 15.1. The molecule has 0 heterocycles. The standard InChI is InChI=1S/C10H22N2O3/c1-11(2)10(13)9-12(5-7-14-3)6-8-15-4/h5-9H2,1-4H3. The Morgan fingerprint density at radius 2 is 1.53 bits per heavy atom. The summed E-state index contributed by atoms with van der Waals surface area (Å²) in [5.74, 6) is 0.0993. The molecule has 0 aliphatic carbocycles. The predicted octanol–water partition coefficient (Wildman–Crippen LogP) is -0.331. The monoisotopic (exact) mass is 218 g/mol. The zero-order chi connectivity index (χ0) is 11.7. The fourth-order valence-electron chi connectivity index (χ4n) is 1.04. The third-order valence-electron chi connectivity index (χ3n) is 2.08. The van der Waals surface area contributed by atoms with E-state index in [9.17, 15) is 4.79 Å². The van der Waals surface area contributed by atoms with Gasteiger partial charge in [-0.1, -0.05) is 0 Å². The molecule has 90 valence electrons. The molecule has 0 bridgehead atoms. The van der Waals surface area contributed by atoms with Crippen molar-refractivity contribution in [1.82, 2.24) is 9.80 Å². The molecule has 0 aliphatic heterocycles. The van der Waals surface area contributed by atoms with Crippen molar-refractivity contribution in [2.75, 3.05) is 61.2 Å². The van der Waals surface area contributed by atoms with Gasteiger partial charge in [-0.2, -0.15) is 0 Å². The van der Waals surface area contributed by atoms with Crippen molar-refractivity contribution in [1.29, 1.82) is 0 Å². The van der Waals surface area contributed by atoms with Gasteiger partial charge in [0.05, 0.1) is 19.8 Å². The normalized spacial score (nSPS) is 10.7. The van der Waals surface area contributed by atoms with Crippen LogP contribution in [0.2, 0.25) is 0 Å². The maximum absolute atomic E-state index is 11.5. The molecule has 0 atom stereocenters. The molecule has 5 nitrogen and oxygen atoms in total. The average molecular weight is 218 g/mol. The Hall–Kier alpha value is -0.650. The minimum absolute atomic E-state index is 0.0993. The lowest BCUT2D eigenvalue weighted by atomic mass is 10.4. The summed E-state index contributed by atoms with van der Waals surface area (Å²) in [5.41, 5.74) is 0. The highest BCUT2D eigenvalue weighted by Gasteiger charge is 2.11. The van der Waals surface area contributed by atoms with Gasteiger partial charge in [-0.25, -0.2) is 0 Å². The zero-order valence-corrected chi connectivity index (χ0v) is 10.2. The molecule has 0 aliphatic rings. The average Bonchev–Trinajstić information content (AvgIpc) is 2.21. The molecule has 1 amide bonds. The largest absolute Gasteiger partial charge is 0.383 e. The van der Waals surface area contributed by atoms with E-state index in [0.717, 1.165) is 13.1 Å². The van der Waals surface area contributed by atoms with Crippen LogP contribution in [-0.4, -0.2) is 76.9 Å². The van der Waals surface area contributed by atoms with Gasteiger partial charge >= 0.3 is 0 Å². The van der Waals surface area contributed by atoms with Crippen LogP contribution in [0.15, 0.2) is 0 Å². The number of likely N-dealkylation sites (N-methyl/N-ethyl adjacent to an activating group) is 1. The first kappa shape index (κ1) is 14.3. The Labute approximate surface area is 91.9 Å². The van der Waals surface area contributed by atoms with Crippen LogP contribution in [0.5, 0.6) is 0 Å². The highest BCUT2D eigenvalue weighted by molar-refractivity contribution is 5.77. The maximum Gasteiger partial charge on any atom is 0.236 e. The molecule has 0 N–H and O–H groups in total. The molecular formula is C10H22N2O3. The van der Waals surface area contributed by atoms with Crippen LogP contribution < -0.4 is 0 Å². The Bertz CT molecular complexity index is 166. The molecule has 5 heteroatoms. The molecular weight excluding hydrogens is 196 g/mol. The van der Waals surface area contributed by atoms with Crippen molar-refractivity contribution in [3.05, 3.63) is 0 Å². The van der Waals surface area contributed by atoms with Crippen LogP contribution in [0.3, 0.4) is 0 Å². The van der Waals surface area contributed by atoms with Gasteiger partial charge < -0.3 is 14.4 Å². The van der Waals surface area contributed by atoms with Crippen LogP contribution >= 0.6 is 0 Å². The van der Waals surface area contributed by atoms with Crippen molar-refractivity contribution in [3.63, 3.8) is 0 Å². The van der Waals surface area contributed by atoms with Crippen molar-refractivity contribution in [3.8, 4) is 0 Å². The van der Waals surface area contributed by atoms with Crippen LogP contribution in [0, 0.1) is 0 Å². The number of carbonyl (C=O) groups is 1. The number of rotatable bonds is 8. The smallest absolute Gasteiger partial charge is 0.236 e. The van der Waals surface area contributed by atoms with Crippen LogP contribution in [0.1, 0.15) is 0 Å². The van der Waals surface area contributed by atoms with E-state index in [-0.39, 0.29) is 5.91 Å². The summed E-state index contributed by atoms with van der Waals surface area (Å²) in [6, 6.07) is 0. The van der Waals surface area contributed by atoms with Crippen molar-refractivity contribution in [2.24, 2.45) is 0 Å². The van der Waals surface area contributed by atoms with E-state index in [1.165, 1.54) is 0 Å². The molecule has 0 unspecified atom stereocenters. The predicted molar refractivity (Wildman–Crippen MR) is 58.9 cm³/mol. The van der Waals surface area contributed by atoms with Gasteiger partial charge in [0, 0.05) is 41.4 Å². The first-order valence-corrected chi connectivity index (χ1v) is 5.02. The summed E-state index contributed by atoms with van der Waals surface area (Å²) in [6.45, 7) is 3.17. The van der Waals surface area contributed by atoms with E-state index in [4.69, 9.17) is 9.47 Å². The summed E-state index contributed by atoms with van der Waals surface area (Å²) < 4.78 is 9.97. The van der Waals surface area contributed by atoms with Crippen LogP contribution in [-0.2, 0) is 14.3 Å². The number of carbonyl (C=O) groups excluding carboxylic acids is 1. The van der Waals surface area contributed by atoms with Crippen molar-refractivity contribution < 1.29 is 14.3 Å². The molecule has 0 aromatic heterocycles. The van der Waals surface area contributed by atoms with Gasteiger partial charge in [-0.15, -0.1) is 0 Å². The lowest BCUT2D eigenvalue weighted by Crippen LogP contribution is -2.39. The fourth-order valence-corrected chi connectivity index (χ4v) is 1.04. The SMILES string of the molecule is COCCN(CCOC)CC(=O)N(C)C.